The average Bonchev–Trinajstić information content (AvgIpc) is 2.22. The zero-order chi connectivity index (χ0) is 12.0. The summed E-state index contributed by atoms with van der Waals surface area (Å²) in [6.07, 6.45) is -6.97. The molecule has 9 heteroatoms. The van der Waals surface area contributed by atoms with E-state index in [4.69, 9.17) is 25.7 Å². The largest absolute Gasteiger partial charge is 0.388 e. The van der Waals surface area contributed by atoms with Crippen LogP contribution in [0.5, 0.6) is 0 Å². The minimum atomic E-state index is -2.18. The Hall–Kier alpha value is -0.180. The molecule has 1 unspecified atom stereocenters. The van der Waals surface area contributed by atoms with Gasteiger partial charge in [0, 0.05) is 0 Å². The van der Waals surface area contributed by atoms with E-state index in [0.29, 0.717) is 0 Å². The van der Waals surface area contributed by atoms with Crippen LogP contribution >= 0.6 is 8.53 Å². The number of aldehydes is 1. The summed E-state index contributed by atoms with van der Waals surface area (Å²) in [5, 5.41) is 36.3. The first-order valence-electron chi connectivity index (χ1n) is 3.94. The molecule has 90 valence electrons. The van der Waals surface area contributed by atoms with Gasteiger partial charge in [0.05, 0.1) is 6.61 Å². The van der Waals surface area contributed by atoms with Gasteiger partial charge in [0.15, 0.2) is 6.29 Å². The lowest BCUT2D eigenvalue weighted by Crippen LogP contribution is -2.46. The van der Waals surface area contributed by atoms with E-state index in [2.05, 4.69) is 4.52 Å². The molecule has 8 nitrogen and oxygen atoms in total. The van der Waals surface area contributed by atoms with Crippen LogP contribution in [0.15, 0.2) is 0 Å². The maximum atomic E-state index is 10.0. The molecular weight excluding hydrogens is 229 g/mol. The Bertz CT molecular complexity index is 192. The van der Waals surface area contributed by atoms with Crippen molar-refractivity contribution in [3.05, 3.63) is 0 Å². The van der Waals surface area contributed by atoms with Gasteiger partial charge in [0.2, 0.25) is 8.53 Å². The summed E-state index contributed by atoms with van der Waals surface area (Å²) in [4.78, 5) is 18.6. The van der Waals surface area contributed by atoms with E-state index in [0.717, 1.165) is 0 Å². The van der Waals surface area contributed by atoms with E-state index in [1.165, 1.54) is 0 Å². The molecule has 0 aromatic heterocycles. The van der Waals surface area contributed by atoms with Crippen molar-refractivity contribution in [2.45, 2.75) is 24.4 Å². The molecule has 0 aliphatic heterocycles. The maximum absolute atomic E-state index is 10.0. The van der Waals surface area contributed by atoms with E-state index in [1.807, 2.05) is 0 Å². The summed E-state index contributed by atoms with van der Waals surface area (Å²) in [5.74, 6) is 0. The molecule has 0 aliphatic carbocycles. The molecule has 0 rings (SSSR count). The maximum Gasteiger partial charge on any atom is 0.250 e. The van der Waals surface area contributed by atoms with Crippen LogP contribution in [0.2, 0.25) is 0 Å². The van der Waals surface area contributed by atoms with Gasteiger partial charge in [-0.3, -0.25) is 5.50 Å². The number of carbonyl (C=O) groups is 1. The first-order valence-corrected chi connectivity index (χ1v) is 5.22. The Balaban J connectivity index is 4.06. The quantitative estimate of drug-likeness (QED) is 0.202. The molecule has 5 atom stereocenters. The first-order chi connectivity index (χ1) is 6.90. The zero-order valence-corrected chi connectivity index (χ0v) is 8.57. The molecule has 15 heavy (non-hydrogen) atoms. The zero-order valence-electron chi connectivity index (χ0n) is 7.67. The number of hydrogen-bond acceptors (Lipinski definition) is 8. The summed E-state index contributed by atoms with van der Waals surface area (Å²) >= 11 is 0. The monoisotopic (exact) mass is 243 g/mol. The van der Waals surface area contributed by atoms with Crippen LogP contribution in [0.4, 0.5) is 0 Å². The van der Waals surface area contributed by atoms with Gasteiger partial charge in [0.1, 0.15) is 24.4 Å². The molecule has 0 spiro atoms. The van der Waals surface area contributed by atoms with Crippen LogP contribution in [-0.4, -0.2) is 62.6 Å². The van der Waals surface area contributed by atoms with Crippen molar-refractivity contribution < 1.29 is 34.6 Å². The fourth-order valence-electron chi connectivity index (χ4n) is 0.761. The van der Waals surface area contributed by atoms with Crippen LogP contribution < -0.4 is 5.50 Å². The Kier molecular flexibility index (Phi) is 7.07. The highest BCUT2D eigenvalue weighted by Crippen LogP contribution is 2.20. The van der Waals surface area contributed by atoms with Gasteiger partial charge in [-0.05, 0) is 0 Å². The standard InChI is InChI=1S/C6H14NO7P/c7-15(13)14-2-4(10)6(12)5(11)3(9)1-8/h1,3-6,9-13H,2,7H2/t3-,4+,5+,6-,15?/m0/s1. The summed E-state index contributed by atoms with van der Waals surface area (Å²) in [5.41, 5.74) is 4.84. The number of nitrogens with two attached hydrogens (primary N) is 1. The van der Waals surface area contributed by atoms with Gasteiger partial charge in [-0.15, -0.1) is 0 Å². The van der Waals surface area contributed by atoms with Gasteiger partial charge >= 0.3 is 0 Å². The van der Waals surface area contributed by atoms with Crippen molar-refractivity contribution in [3.8, 4) is 0 Å². The smallest absolute Gasteiger partial charge is 0.250 e. The Morgan fingerprint density at radius 2 is 1.80 bits per heavy atom. The van der Waals surface area contributed by atoms with Gasteiger partial charge < -0.3 is 34.6 Å². The fraction of sp³-hybridized carbons (Fsp3) is 0.833. The highest BCUT2D eigenvalue weighted by atomic mass is 31.2. The van der Waals surface area contributed by atoms with Crippen molar-refractivity contribution in [1.29, 1.82) is 0 Å². The van der Waals surface area contributed by atoms with Crippen molar-refractivity contribution in [2.75, 3.05) is 6.61 Å². The lowest BCUT2D eigenvalue weighted by atomic mass is 10.0. The Labute approximate surface area is 86.9 Å². The topological polar surface area (TPSA) is 153 Å². The van der Waals surface area contributed by atoms with Crippen LogP contribution in [0.25, 0.3) is 0 Å². The molecule has 0 aromatic carbocycles. The average molecular weight is 243 g/mol. The fourth-order valence-corrected chi connectivity index (χ4v) is 1.07. The summed E-state index contributed by atoms with van der Waals surface area (Å²) in [7, 11) is -2.18. The molecule has 0 saturated heterocycles. The second kappa shape index (κ2) is 7.15. The molecule has 0 saturated carbocycles. The number of hydrogen-bond donors (Lipinski definition) is 6. The Morgan fingerprint density at radius 1 is 1.27 bits per heavy atom. The van der Waals surface area contributed by atoms with Crippen LogP contribution in [0.1, 0.15) is 0 Å². The van der Waals surface area contributed by atoms with Crippen molar-refractivity contribution in [2.24, 2.45) is 5.50 Å². The van der Waals surface area contributed by atoms with E-state index in [9.17, 15) is 9.90 Å². The molecule has 7 N–H and O–H groups in total. The van der Waals surface area contributed by atoms with Crippen LogP contribution in [0.3, 0.4) is 0 Å². The molecule has 0 fully saturated rings. The minimum absolute atomic E-state index is 0.0172. The number of carbonyl (C=O) groups excluding carboxylic acids is 1. The van der Waals surface area contributed by atoms with Crippen molar-refractivity contribution >= 4 is 14.8 Å². The summed E-state index contributed by atoms with van der Waals surface area (Å²) in [6.45, 7) is -0.525. The molecule has 0 amide bonds. The van der Waals surface area contributed by atoms with Gasteiger partial charge in [0.25, 0.3) is 0 Å². The molecule has 0 heterocycles. The number of rotatable bonds is 7. The Morgan fingerprint density at radius 3 is 2.20 bits per heavy atom. The third-order valence-electron chi connectivity index (χ3n) is 1.61. The molecule has 0 radical (unpaired) electrons. The second-order valence-corrected chi connectivity index (χ2v) is 3.64. The first kappa shape index (κ1) is 14.8. The van der Waals surface area contributed by atoms with Crippen LogP contribution in [0, 0.1) is 0 Å². The predicted octanol–water partition coefficient (Wildman–Crippen LogP) is -3.18. The highest BCUT2D eigenvalue weighted by molar-refractivity contribution is 7.43. The van der Waals surface area contributed by atoms with Gasteiger partial charge in [-0.2, -0.15) is 0 Å². The third kappa shape index (κ3) is 5.45. The molecule has 0 bridgehead atoms. The van der Waals surface area contributed by atoms with Crippen molar-refractivity contribution in [3.63, 3.8) is 0 Å². The predicted molar refractivity (Wildman–Crippen MR) is 49.4 cm³/mol. The van der Waals surface area contributed by atoms with E-state index < -0.39 is 39.5 Å². The SMILES string of the molecule is NP(O)OC[C@@H](O)[C@H](O)[C@H](O)[C@@H](O)C=O. The molecule has 0 aromatic rings. The number of aliphatic hydroxyl groups excluding tert-OH is 4. The lowest BCUT2D eigenvalue weighted by molar-refractivity contribution is -0.135. The number of aliphatic hydroxyl groups is 4. The third-order valence-corrected chi connectivity index (χ3v) is 2.02. The van der Waals surface area contributed by atoms with Gasteiger partial charge in [-0.25, -0.2) is 0 Å². The molecular formula is C6H14NO7P. The molecule has 0 aliphatic rings. The van der Waals surface area contributed by atoms with Gasteiger partial charge in [-0.1, -0.05) is 0 Å². The van der Waals surface area contributed by atoms with E-state index in [-0.39, 0.29) is 6.29 Å². The highest BCUT2D eigenvalue weighted by Gasteiger charge is 2.30. The van der Waals surface area contributed by atoms with Crippen molar-refractivity contribution in [1.82, 2.24) is 0 Å². The normalized spacial score (nSPS) is 21.5. The summed E-state index contributed by atoms with van der Waals surface area (Å²) in [6, 6.07) is 0. The van der Waals surface area contributed by atoms with E-state index in [1.54, 1.807) is 0 Å². The lowest BCUT2D eigenvalue weighted by Gasteiger charge is -2.24. The second-order valence-electron chi connectivity index (χ2n) is 2.77. The summed E-state index contributed by atoms with van der Waals surface area (Å²) < 4.78 is 4.40. The minimum Gasteiger partial charge on any atom is -0.388 e. The van der Waals surface area contributed by atoms with E-state index >= 15 is 0 Å². The van der Waals surface area contributed by atoms with Crippen LogP contribution in [-0.2, 0) is 9.32 Å².